The fraction of sp³-hybridized carbons (Fsp3) is 1.00. The van der Waals surface area contributed by atoms with E-state index in [4.69, 9.17) is 15.3 Å². The highest BCUT2D eigenvalue weighted by Crippen LogP contribution is 1.30. The van der Waals surface area contributed by atoms with Crippen molar-refractivity contribution in [2.24, 2.45) is 0 Å². The summed E-state index contributed by atoms with van der Waals surface area (Å²) >= 11 is 0. The summed E-state index contributed by atoms with van der Waals surface area (Å²) < 4.78 is 0. The van der Waals surface area contributed by atoms with Gasteiger partial charge in [0.15, 0.2) is 0 Å². The van der Waals surface area contributed by atoms with Crippen LogP contribution in [-0.4, -0.2) is 51.6 Å². The van der Waals surface area contributed by atoms with E-state index in [1.807, 2.05) is 0 Å². The fourth-order valence-corrected chi connectivity index (χ4v) is 0. The summed E-state index contributed by atoms with van der Waals surface area (Å²) in [5.41, 5.74) is 0. The molecule has 0 spiro atoms. The van der Waals surface area contributed by atoms with E-state index in [0.29, 0.717) is 0 Å². The van der Waals surface area contributed by atoms with Crippen LogP contribution >= 0.6 is 0 Å². The van der Waals surface area contributed by atoms with Crippen LogP contribution in [0.4, 0.5) is 0 Å². The van der Waals surface area contributed by atoms with Crippen LogP contribution in [0.2, 0.25) is 0 Å². The highest BCUT2D eigenvalue weighted by molar-refractivity contribution is 3.84. The molecule has 0 amide bonds. The second-order valence-electron chi connectivity index (χ2n) is 0.949. The molecule has 0 heterocycles. The summed E-state index contributed by atoms with van der Waals surface area (Å²) in [6.07, 6.45) is 0. The Morgan fingerprint density at radius 1 is 0.140 bits per heavy atom. The van der Waals surface area contributed by atoms with E-state index in [1.54, 1.807) is 20.8 Å². The lowest BCUT2D eigenvalue weighted by molar-refractivity contribution is 0.318. The average molecular weight is 911 g/mol. The first kappa shape index (κ1) is 5320. The zero-order chi connectivity index (χ0) is 8.12. The third-order valence-electron chi connectivity index (χ3n) is 0. The predicted molar refractivity (Wildman–Crippen MR) is 347 cm³/mol. The van der Waals surface area contributed by atoms with Gasteiger partial charge in [-0.15, -0.1) is 0 Å². The first-order valence-electron chi connectivity index (χ1n) is 3.07. The lowest BCUT2D eigenvalue weighted by Crippen LogP contribution is -1.57. The number of aliphatic hydroxyl groups is 3. The van der Waals surface area contributed by atoms with Gasteiger partial charge in [-0.1, -0.05) is 334 Å². The van der Waals surface area contributed by atoms with E-state index in [-0.39, 0.29) is 370 Å². The molecule has 6 N–H and O–H groups in total. The van der Waals surface area contributed by atoms with E-state index in [0.717, 1.165) is 0 Å². The van der Waals surface area contributed by atoms with E-state index in [2.05, 4.69) is 0 Å². The van der Waals surface area contributed by atoms with Crippen molar-refractivity contribution in [1.29, 1.82) is 0 Å². The Kier molecular flexibility index (Phi) is 2050000. The molecule has 0 rings (SSSR count). The quantitative estimate of drug-likeness (QED) is 0.220. The Morgan fingerprint density at radius 3 is 0.140 bits per heavy atom. The Labute approximate surface area is 405 Å². The molecule has 444 valence electrons. The fourth-order valence-electron chi connectivity index (χ4n) is 0. The van der Waals surface area contributed by atoms with Crippen LogP contribution in [0.1, 0.15) is 355 Å². The van der Waals surface area contributed by atoms with E-state index in [1.165, 1.54) is 0 Å². The zero-order valence-electron chi connectivity index (χ0n) is 7.80. The number of aliphatic hydroxyl groups excluding tert-OH is 3. The minimum atomic E-state index is 0. The van der Waals surface area contributed by atoms with Crippen LogP contribution in [0.15, 0.2) is 0 Å². The molecular formula is C51H201O6-3. The highest BCUT2D eigenvalue weighted by atomic mass is 16.3. The molecule has 0 atom stereocenters. The van der Waals surface area contributed by atoms with Gasteiger partial charge in [-0.05, 0) is 20.8 Å². The van der Waals surface area contributed by atoms with Gasteiger partial charge in [0, 0.05) is 19.8 Å². The predicted octanol–water partition coefficient (Wildman–Crippen LogP) is 28.1. The molecule has 0 aliphatic rings. The number of hydrogen-bond acceptors (Lipinski definition) is 6. The first-order valence-corrected chi connectivity index (χ1v) is 3.07. The summed E-state index contributed by atoms with van der Waals surface area (Å²) in [5.74, 6) is 0. The molecule has 0 aromatic heterocycles. The lowest BCUT2D eigenvalue weighted by Gasteiger charge is -1.52. The van der Waals surface area contributed by atoms with Crippen molar-refractivity contribution in [2.45, 2.75) is 355 Å². The maximum atomic E-state index is 7.57. The molecule has 6 nitrogen and oxygen atoms in total. The molecule has 0 radical (unpaired) electrons. The minimum Gasteiger partial charge on any atom is -0.870 e. The van der Waals surface area contributed by atoms with Crippen molar-refractivity contribution >= 4 is 0 Å². The first-order chi connectivity index (χ1) is 4.24. The third kappa shape index (κ3) is 2800000. The average Bonchev–Trinajstić information content (AvgIpc) is 1.70. The van der Waals surface area contributed by atoms with E-state index >= 15 is 0 Å². The number of rotatable bonds is 0. The molecule has 0 aliphatic heterocycles. The summed E-state index contributed by atoms with van der Waals surface area (Å²) in [6.45, 7) is 5.79. The zero-order valence-corrected chi connectivity index (χ0v) is 7.80. The third-order valence-corrected chi connectivity index (χ3v) is 0. The molecule has 6 heteroatoms. The van der Waals surface area contributed by atoms with Gasteiger partial charge in [0.05, 0.1) is 0 Å². The van der Waals surface area contributed by atoms with Crippen LogP contribution in [0.5, 0.6) is 0 Å². The Morgan fingerprint density at radius 2 is 0.140 bits per heavy atom. The van der Waals surface area contributed by atoms with Crippen LogP contribution in [0.25, 0.3) is 0 Å². The van der Waals surface area contributed by atoms with Gasteiger partial charge in [0.2, 0.25) is 0 Å². The van der Waals surface area contributed by atoms with Gasteiger partial charge < -0.3 is 31.7 Å². The van der Waals surface area contributed by atoms with Crippen LogP contribution in [-0.2, 0) is 0 Å². The summed E-state index contributed by atoms with van der Waals surface area (Å²) in [5, 5.41) is 22.7. The highest BCUT2D eigenvalue weighted by Gasteiger charge is 1.35. The molecule has 0 aromatic carbocycles. The monoisotopic (exact) mass is 911 g/mol. The maximum absolute atomic E-state index is 7.57. The topological polar surface area (TPSA) is 151 Å². The van der Waals surface area contributed by atoms with Gasteiger partial charge in [0.1, 0.15) is 0 Å². The summed E-state index contributed by atoms with van der Waals surface area (Å²) in [6, 6.07) is 0. The lowest BCUT2D eigenvalue weighted by atomic mass is 10.9. The summed E-state index contributed by atoms with van der Waals surface area (Å²) in [7, 11) is 0. The van der Waals surface area contributed by atoms with E-state index < -0.39 is 0 Å². The van der Waals surface area contributed by atoms with Gasteiger partial charge in [0.25, 0.3) is 0 Å². The number of hydrogen-bond donors (Lipinski definition) is 3. The standard InChI is InChI=1S/3C2H6O.45CH4.3H2O/c3*1-2-3;;;;;;;;;;;;;;;;;;;;;;;;;;;;;;;;;;;;;;;;;;;;;;;;/h3*3H,2H2,1H3;45*1H4;3*1H2/p-3. The van der Waals surface area contributed by atoms with Gasteiger partial charge in [-0.2, -0.15) is 0 Å². The SMILES string of the molecule is C.C.C.C.C.C.C.C.C.C.C.C.C.C.C.C.C.C.C.C.C.C.C.C.C.C.C.C.C.C.C.C.C.C.C.C.C.C.C.C.C.C.C.C.C.CCO.CCO.CCO.[OH-].[OH-].[OH-]. The largest absolute Gasteiger partial charge is 0.870 e. The van der Waals surface area contributed by atoms with Crippen molar-refractivity contribution < 1.29 is 31.7 Å². The molecule has 0 fully saturated rings. The second kappa shape index (κ2) is 21900. The van der Waals surface area contributed by atoms with Crippen molar-refractivity contribution in [3.05, 3.63) is 0 Å². The van der Waals surface area contributed by atoms with Crippen molar-refractivity contribution in [1.82, 2.24) is 0 Å². The Hall–Kier alpha value is -0.240. The molecule has 0 unspecified atom stereocenters. The Balaban J connectivity index is -0.000000000136. The maximum Gasteiger partial charge on any atom is 0.0402 e. The Bertz CT molecular complexity index is 32.4. The molecule has 0 saturated heterocycles. The molecule has 0 bridgehead atoms. The smallest absolute Gasteiger partial charge is 0.0402 e. The second-order valence-corrected chi connectivity index (χ2v) is 0.949. The van der Waals surface area contributed by atoms with Crippen LogP contribution in [0, 0.1) is 0 Å². The molecule has 0 saturated carbocycles. The molecular weight excluding hydrogens is 709 g/mol. The van der Waals surface area contributed by atoms with Gasteiger partial charge >= 0.3 is 0 Å². The van der Waals surface area contributed by atoms with Crippen LogP contribution in [0.3, 0.4) is 0 Å². The molecule has 0 aromatic rings. The van der Waals surface area contributed by atoms with Gasteiger partial charge in [-0.25, -0.2) is 0 Å². The van der Waals surface area contributed by atoms with Gasteiger partial charge in [-0.3, -0.25) is 0 Å². The van der Waals surface area contributed by atoms with Crippen molar-refractivity contribution in [3.8, 4) is 0 Å². The minimum absolute atomic E-state index is 0. The van der Waals surface area contributed by atoms with Crippen molar-refractivity contribution in [2.75, 3.05) is 19.8 Å². The summed E-state index contributed by atoms with van der Waals surface area (Å²) in [4.78, 5) is 0. The van der Waals surface area contributed by atoms with Crippen molar-refractivity contribution in [3.63, 3.8) is 0 Å². The molecule has 57 heavy (non-hydrogen) atoms. The normalized spacial score (nSPS) is 0.947. The van der Waals surface area contributed by atoms with Crippen LogP contribution < -0.4 is 0 Å². The van der Waals surface area contributed by atoms with E-state index in [9.17, 15) is 0 Å². The molecule has 0 aliphatic carbocycles.